The highest BCUT2D eigenvalue weighted by Crippen LogP contribution is 2.25. The smallest absolute Gasteiger partial charge is 0.249 e. The minimum absolute atomic E-state index is 0.340. The molecule has 0 fully saturated rings. The first-order chi connectivity index (χ1) is 10.4. The molecule has 22 heavy (non-hydrogen) atoms. The van der Waals surface area contributed by atoms with Crippen molar-refractivity contribution >= 4 is 36.3 Å². The molecule has 0 saturated carbocycles. The molecule has 0 aliphatic carbocycles. The second-order valence-corrected chi connectivity index (χ2v) is 9.13. The number of rotatable bonds is 5. The van der Waals surface area contributed by atoms with E-state index in [4.69, 9.17) is 16.0 Å². The maximum absolute atomic E-state index is 11.9. The Morgan fingerprint density at radius 2 is 1.36 bits per heavy atom. The van der Waals surface area contributed by atoms with Crippen LogP contribution in [0.5, 0.6) is 0 Å². The maximum Gasteiger partial charge on any atom is 0.249 e. The molecule has 1 unspecified atom stereocenters. The van der Waals surface area contributed by atoms with Crippen molar-refractivity contribution < 1.29 is 9.22 Å². The van der Waals surface area contributed by atoms with E-state index >= 15 is 0 Å². The normalized spacial score (nSPS) is 13.1. The van der Waals surface area contributed by atoms with Gasteiger partial charge in [0, 0.05) is 0 Å². The van der Waals surface area contributed by atoms with Crippen molar-refractivity contribution in [3.63, 3.8) is 0 Å². The lowest BCUT2D eigenvalue weighted by molar-refractivity contribution is -0.122. The molecule has 0 bridgehead atoms. The van der Waals surface area contributed by atoms with Crippen molar-refractivity contribution in [3.05, 3.63) is 60.7 Å². The maximum atomic E-state index is 11.9. The zero-order valence-electron chi connectivity index (χ0n) is 13.1. The van der Waals surface area contributed by atoms with Crippen molar-refractivity contribution in [3.8, 4) is 0 Å². The van der Waals surface area contributed by atoms with Gasteiger partial charge in [-0.25, -0.2) is 0 Å². The minimum atomic E-state index is -1.97. The second kappa shape index (κ2) is 7.23. The molecule has 2 rings (SSSR count). The van der Waals surface area contributed by atoms with Gasteiger partial charge in [-0.05, 0) is 27.4 Å². The largest absolute Gasteiger partial charge is 0.399 e. The van der Waals surface area contributed by atoms with Crippen LogP contribution in [0.3, 0.4) is 0 Å². The predicted molar refractivity (Wildman–Crippen MR) is 94.5 cm³/mol. The zero-order valence-corrected chi connectivity index (χ0v) is 15.0. The quantitative estimate of drug-likeness (QED) is 0.621. The average Bonchev–Trinajstić information content (AvgIpc) is 2.48. The Morgan fingerprint density at radius 3 is 1.68 bits per heavy atom. The highest BCUT2D eigenvalue weighted by atomic mass is 35.5. The fourth-order valence-electron chi connectivity index (χ4n) is 2.34. The monoisotopic (exact) mass is 332 g/mol. The van der Waals surface area contributed by atoms with Gasteiger partial charge in [-0.2, -0.15) is 0 Å². The summed E-state index contributed by atoms with van der Waals surface area (Å²) < 4.78 is 6.31. The zero-order chi connectivity index (χ0) is 16.2. The van der Waals surface area contributed by atoms with E-state index in [0.29, 0.717) is 0 Å². The van der Waals surface area contributed by atoms with Gasteiger partial charge >= 0.3 is 0 Å². The van der Waals surface area contributed by atoms with E-state index < -0.39 is 20.4 Å². The number of benzene rings is 2. The van der Waals surface area contributed by atoms with Gasteiger partial charge in [-0.3, -0.25) is 4.79 Å². The Morgan fingerprint density at radius 1 is 0.955 bits per heavy atom. The summed E-state index contributed by atoms with van der Waals surface area (Å²) in [6.45, 7) is 5.91. The van der Waals surface area contributed by atoms with Crippen molar-refractivity contribution in [1.82, 2.24) is 0 Å². The molecule has 2 aromatic carbocycles. The van der Waals surface area contributed by atoms with Crippen LogP contribution in [0.15, 0.2) is 60.7 Å². The van der Waals surface area contributed by atoms with Crippen LogP contribution in [0, 0.1) is 5.41 Å². The van der Waals surface area contributed by atoms with Crippen LogP contribution in [0.1, 0.15) is 20.8 Å². The van der Waals surface area contributed by atoms with Crippen LogP contribution in [0.2, 0.25) is 0 Å². The average molecular weight is 333 g/mol. The third-order valence-corrected chi connectivity index (χ3v) is 6.19. The van der Waals surface area contributed by atoms with E-state index in [1.165, 1.54) is 0 Å². The molecule has 0 aliphatic rings. The molecule has 0 radical (unpaired) electrons. The van der Waals surface area contributed by atoms with Crippen LogP contribution in [-0.4, -0.2) is 20.4 Å². The first-order valence-electron chi connectivity index (χ1n) is 7.34. The second-order valence-electron chi connectivity index (χ2n) is 6.39. The number of halogens is 1. The van der Waals surface area contributed by atoms with Crippen LogP contribution in [0.25, 0.3) is 0 Å². The van der Waals surface area contributed by atoms with Gasteiger partial charge in [0.1, 0.15) is 6.10 Å². The molecule has 0 N–H and O–H groups in total. The van der Waals surface area contributed by atoms with Crippen molar-refractivity contribution in [1.29, 1.82) is 0 Å². The Balaban J connectivity index is 2.39. The SMILES string of the molecule is CC(C)(C)C(O[SiH](c1ccccc1)c1ccccc1)C(=O)Cl. The molecular formula is C18H21ClO2Si. The van der Waals surface area contributed by atoms with Gasteiger partial charge in [-0.15, -0.1) is 0 Å². The number of carbonyl (C=O) groups is 1. The first-order valence-corrected chi connectivity index (χ1v) is 9.34. The molecule has 0 heterocycles. The van der Waals surface area contributed by atoms with Gasteiger partial charge in [0.15, 0.2) is 0 Å². The van der Waals surface area contributed by atoms with E-state index in [0.717, 1.165) is 10.4 Å². The number of hydrogen-bond acceptors (Lipinski definition) is 2. The number of carbonyl (C=O) groups excluding carboxylic acids is 1. The van der Waals surface area contributed by atoms with Gasteiger partial charge in [-0.1, -0.05) is 81.4 Å². The topological polar surface area (TPSA) is 26.3 Å². The van der Waals surface area contributed by atoms with Gasteiger partial charge in [0.2, 0.25) is 14.3 Å². The Kier molecular flexibility index (Phi) is 5.56. The standard InChI is InChI=1S/C18H21ClO2Si/c1-18(2,3)16(17(19)20)21-22(14-10-6-4-7-11-14)15-12-8-5-9-13-15/h4-13,16,22H,1-3H3. The Hall–Kier alpha value is -1.42. The molecule has 0 spiro atoms. The fraction of sp³-hybridized carbons (Fsp3) is 0.278. The summed E-state index contributed by atoms with van der Waals surface area (Å²) in [7, 11) is -1.97. The molecule has 4 heteroatoms. The summed E-state index contributed by atoms with van der Waals surface area (Å²) in [5, 5.41) is 1.85. The van der Waals surface area contributed by atoms with Crippen LogP contribution in [-0.2, 0) is 9.22 Å². The lowest BCUT2D eigenvalue weighted by Crippen LogP contribution is -2.51. The third-order valence-electron chi connectivity index (χ3n) is 3.47. The summed E-state index contributed by atoms with van der Waals surface area (Å²) in [5.74, 6) is 0. The van der Waals surface area contributed by atoms with Crippen molar-refractivity contribution in [2.24, 2.45) is 5.41 Å². The molecule has 116 valence electrons. The summed E-state index contributed by atoms with van der Waals surface area (Å²) in [6.07, 6.45) is -0.619. The molecule has 0 amide bonds. The lowest BCUT2D eigenvalue weighted by atomic mass is 9.90. The molecule has 0 saturated heterocycles. The molecule has 2 aromatic rings. The van der Waals surface area contributed by atoms with E-state index in [2.05, 4.69) is 24.3 Å². The molecule has 1 atom stereocenters. The Bertz CT molecular complexity index is 568. The van der Waals surface area contributed by atoms with Crippen LogP contribution < -0.4 is 10.4 Å². The number of hydrogen-bond donors (Lipinski definition) is 0. The molecular weight excluding hydrogens is 312 g/mol. The molecule has 0 aliphatic heterocycles. The van der Waals surface area contributed by atoms with Gasteiger partial charge < -0.3 is 4.43 Å². The van der Waals surface area contributed by atoms with Crippen molar-refractivity contribution in [2.45, 2.75) is 26.9 Å². The summed E-state index contributed by atoms with van der Waals surface area (Å²) in [6, 6.07) is 20.2. The predicted octanol–water partition coefficient (Wildman–Crippen LogP) is 2.72. The van der Waals surface area contributed by atoms with E-state index in [9.17, 15) is 4.79 Å². The highest BCUT2D eigenvalue weighted by molar-refractivity contribution is 6.80. The Labute approximate surface area is 138 Å². The first kappa shape index (κ1) is 16.9. The lowest BCUT2D eigenvalue weighted by Gasteiger charge is -2.31. The van der Waals surface area contributed by atoms with E-state index in [1.54, 1.807) is 0 Å². The van der Waals surface area contributed by atoms with Gasteiger partial charge in [0.25, 0.3) is 0 Å². The van der Waals surface area contributed by atoms with E-state index in [1.807, 2.05) is 57.2 Å². The van der Waals surface area contributed by atoms with Crippen LogP contribution >= 0.6 is 11.6 Å². The highest BCUT2D eigenvalue weighted by Gasteiger charge is 2.34. The summed E-state index contributed by atoms with van der Waals surface area (Å²) in [4.78, 5) is 11.9. The fourth-order valence-corrected chi connectivity index (χ4v) is 5.45. The van der Waals surface area contributed by atoms with Gasteiger partial charge in [0.05, 0.1) is 0 Å². The van der Waals surface area contributed by atoms with Crippen LogP contribution in [0.4, 0.5) is 0 Å². The summed E-state index contributed by atoms with van der Waals surface area (Å²) >= 11 is 5.81. The summed E-state index contributed by atoms with van der Waals surface area (Å²) in [5.41, 5.74) is -0.340. The minimum Gasteiger partial charge on any atom is -0.399 e. The molecule has 0 aromatic heterocycles. The van der Waals surface area contributed by atoms with E-state index in [-0.39, 0.29) is 5.41 Å². The third kappa shape index (κ3) is 4.29. The van der Waals surface area contributed by atoms with Crippen molar-refractivity contribution in [2.75, 3.05) is 0 Å². The molecule has 2 nitrogen and oxygen atoms in total.